The second kappa shape index (κ2) is 12.6. The molecule has 34 heavy (non-hydrogen) atoms. The van der Waals surface area contributed by atoms with Crippen molar-refractivity contribution < 1.29 is 18.0 Å². The summed E-state index contributed by atoms with van der Waals surface area (Å²) in [7, 11) is -3.52. The molecule has 0 spiro atoms. The number of sulfonamides is 1. The molecule has 0 saturated carbocycles. The van der Waals surface area contributed by atoms with Gasteiger partial charge in [0.25, 0.3) is 0 Å². The van der Waals surface area contributed by atoms with Crippen LogP contribution in [0.25, 0.3) is 0 Å². The number of nitrogens with one attached hydrogen (secondary N) is 1. The zero-order valence-corrected chi connectivity index (χ0v) is 21.7. The molecule has 1 unspecified atom stereocenters. The quantitative estimate of drug-likeness (QED) is 0.493. The summed E-state index contributed by atoms with van der Waals surface area (Å²) >= 11 is 0. The van der Waals surface area contributed by atoms with Crippen LogP contribution in [-0.2, 0) is 26.2 Å². The Balaban J connectivity index is 2.20. The van der Waals surface area contributed by atoms with E-state index in [4.69, 9.17) is 0 Å². The largest absolute Gasteiger partial charge is 0.355 e. The number of carbonyl (C=O) groups excluding carboxylic acids is 2. The molecule has 0 saturated heterocycles. The van der Waals surface area contributed by atoms with E-state index in [1.165, 1.54) is 10.6 Å². The van der Waals surface area contributed by atoms with E-state index in [0.29, 0.717) is 31.6 Å². The lowest BCUT2D eigenvalue weighted by atomic mass is 10.1. The Morgan fingerprint density at radius 3 is 2.15 bits per heavy atom. The van der Waals surface area contributed by atoms with Crippen LogP contribution < -0.4 is 9.62 Å². The van der Waals surface area contributed by atoms with Crippen molar-refractivity contribution in [2.24, 2.45) is 0 Å². The summed E-state index contributed by atoms with van der Waals surface area (Å²) in [6, 6.07) is 14.6. The zero-order chi connectivity index (χ0) is 25.3. The Kier molecular flexibility index (Phi) is 10.1. The first-order chi connectivity index (χ1) is 16.1. The molecule has 1 atom stereocenters. The van der Waals surface area contributed by atoms with Crippen LogP contribution in [-0.4, -0.2) is 50.5 Å². The van der Waals surface area contributed by atoms with Crippen LogP contribution in [0.3, 0.4) is 0 Å². The molecule has 0 aliphatic heterocycles. The average Bonchev–Trinajstić information content (AvgIpc) is 2.75. The van der Waals surface area contributed by atoms with Gasteiger partial charge in [-0.25, -0.2) is 8.42 Å². The van der Waals surface area contributed by atoms with Gasteiger partial charge in [0.15, 0.2) is 0 Å². The number of amides is 2. The van der Waals surface area contributed by atoms with Gasteiger partial charge >= 0.3 is 0 Å². The van der Waals surface area contributed by atoms with Gasteiger partial charge in [0.2, 0.25) is 21.8 Å². The molecule has 7 nitrogen and oxygen atoms in total. The van der Waals surface area contributed by atoms with Crippen molar-refractivity contribution in [2.75, 3.05) is 23.7 Å². The van der Waals surface area contributed by atoms with Crippen molar-refractivity contribution in [1.82, 2.24) is 10.2 Å². The Labute approximate surface area is 204 Å². The molecular weight excluding hydrogens is 450 g/mol. The van der Waals surface area contributed by atoms with Crippen molar-refractivity contribution in [3.8, 4) is 0 Å². The van der Waals surface area contributed by atoms with Crippen LogP contribution in [0.5, 0.6) is 0 Å². The average molecular weight is 488 g/mol. The van der Waals surface area contributed by atoms with E-state index in [2.05, 4.69) is 5.32 Å². The van der Waals surface area contributed by atoms with E-state index < -0.39 is 16.1 Å². The van der Waals surface area contributed by atoms with Crippen LogP contribution in [0.1, 0.15) is 49.8 Å². The minimum atomic E-state index is -3.52. The maximum absolute atomic E-state index is 13.3. The predicted molar refractivity (Wildman–Crippen MR) is 137 cm³/mol. The van der Waals surface area contributed by atoms with Crippen LogP contribution in [0.2, 0.25) is 0 Å². The third kappa shape index (κ3) is 7.87. The number of aryl methyl sites for hydroxylation is 2. The maximum Gasteiger partial charge on any atom is 0.242 e. The Hall–Kier alpha value is -2.87. The molecule has 0 heterocycles. The minimum Gasteiger partial charge on any atom is -0.355 e. The van der Waals surface area contributed by atoms with E-state index in [1.807, 2.05) is 76.2 Å². The number of carbonyl (C=O) groups is 2. The predicted octanol–water partition coefficient (Wildman–Crippen LogP) is 3.79. The smallest absolute Gasteiger partial charge is 0.242 e. The van der Waals surface area contributed by atoms with E-state index >= 15 is 0 Å². The molecule has 2 aromatic carbocycles. The number of hydrogen-bond donors (Lipinski definition) is 1. The highest BCUT2D eigenvalue weighted by molar-refractivity contribution is 7.92. The van der Waals surface area contributed by atoms with Gasteiger partial charge in [0.1, 0.15) is 6.04 Å². The lowest BCUT2D eigenvalue weighted by molar-refractivity contribution is -0.141. The first kappa shape index (κ1) is 27.4. The van der Waals surface area contributed by atoms with E-state index in [9.17, 15) is 18.0 Å². The Morgan fingerprint density at radius 1 is 1.00 bits per heavy atom. The molecule has 0 radical (unpaired) electrons. The maximum atomic E-state index is 13.3. The summed E-state index contributed by atoms with van der Waals surface area (Å²) < 4.78 is 26.3. The molecular formula is C26H37N3O4S. The summed E-state index contributed by atoms with van der Waals surface area (Å²) in [6.07, 6.45) is 2.15. The second-order valence-corrected chi connectivity index (χ2v) is 10.5. The molecule has 0 aliphatic rings. The summed E-state index contributed by atoms with van der Waals surface area (Å²) in [5.74, 6) is -0.349. The van der Waals surface area contributed by atoms with Crippen molar-refractivity contribution in [2.45, 2.75) is 59.5 Å². The third-order valence-corrected chi connectivity index (χ3v) is 6.77. The SMILES string of the molecule is CCNC(=O)C(CC)N(Cc1ccccc1)C(=O)CCCN(c1cc(C)cc(C)c1)S(C)(=O)=O. The normalized spacial score (nSPS) is 12.1. The molecule has 0 bridgehead atoms. The van der Waals surface area contributed by atoms with Gasteiger partial charge in [-0.1, -0.05) is 43.3 Å². The molecule has 0 fully saturated rings. The summed E-state index contributed by atoms with van der Waals surface area (Å²) in [6.45, 7) is 8.58. The van der Waals surface area contributed by atoms with E-state index in [1.54, 1.807) is 4.90 Å². The third-order valence-electron chi connectivity index (χ3n) is 5.58. The van der Waals surface area contributed by atoms with E-state index in [0.717, 1.165) is 16.7 Å². The minimum absolute atomic E-state index is 0.138. The van der Waals surface area contributed by atoms with Gasteiger partial charge in [-0.3, -0.25) is 13.9 Å². The number of benzene rings is 2. The monoisotopic (exact) mass is 487 g/mol. The summed E-state index contributed by atoms with van der Waals surface area (Å²) in [5, 5.41) is 2.82. The highest BCUT2D eigenvalue weighted by atomic mass is 32.2. The van der Waals surface area contributed by atoms with Crippen LogP contribution in [0, 0.1) is 13.8 Å². The molecule has 1 N–H and O–H groups in total. The highest BCUT2D eigenvalue weighted by Crippen LogP contribution is 2.22. The number of rotatable bonds is 12. The fraction of sp³-hybridized carbons (Fsp3) is 0.462. The highest BCUT2D eigenvalue weighted by Gasteiger charge is 2.28. The van der Waals surface area contributed by atoms with Crippen LogP contribution in [0.4, 0.5) is 5.69 Å². The standard InChI is InChI=1S/C26H37N3O4S/c1-6-24(26(31)27-7-2)28(19-22-12-9-8-10-13-22)25(30)14-11-15-29(34(5,32)33)23-17-20(3)16-21(4)18-23/h8-10,12-13,16-18,24H,6-7,11,14-15,19H2,1-5H3,(H,27,31). The molecule has 2 amide bonds. The van der Waals surface area contributed by atoms with Gasteiger partial charge < -0.3 is 10.2 Å². The van der Waals surface area contributed by atoms with E-state index in [-0.39, 0.29) is 24.8 Å². The van der Waals surface area contributed by atoms with Crippen molar-refractivity contribution in [3.63, 3.8) is 0 Å². The van der Waals surface area contributed by atoms with Crippen molar-refractivity contribution in [3.05, 3.63) is 65.2 Å². The van der Waals surface area contributed by atoms with Crippen LogP contribution in [0.15, 0.2) is 48.5 Å². The Morgan fingerprint density at radius 2 is 1.62 bits per heavy atom. The fourth-order valence-electron chi connectivity index (χ4n) is 4.09. The molecule has 186 valence electrons. The molecule has 2 aromatic rings. The molecule has 2 rings (SSSR count). The van der Waals surface area contributed by atoms with Gasteiger partial charge in [-0.05, 0) is 62.4 Å². The number of anilines is 1. The first-order valence-electron chi connectivity index (χ1n) is 11.7. The van der Waals surface area contributed by atoms with Gasteiger partial charge in [-0.15, -0.1) is 0 Å². The Bertz CT molecular complexity index is 1050. The van der Waals surface area contributed by atoms with Gasteiger partial charge in [0, 0.05) is 26.1 Å². The molecule has 0 aliphatic carbocycles. The van der Waals surface area contributed by atoms with Crippen LogP contribution >= 0.6 is 0 Å². The van der Waals surface area contributed by atoms with Gasteiger partial charge in [-0.2, -0.15) is 0 Å². The number of hydrogen-bond acceptors (Lipinski definition) is 4. The van der Waals surface area contributed by atoms with Gasteiger partial charge in [0.05, 0.1) is 11.9 Å². The van der Waals surface area contributed by atoms with Crippen molar-refractivity contribution >= 4 is 27.5 Å². The first-order valence-corrected chi connectivity index (χ1v) is 13.6. The topological polar surface area (TPSA) is 86.8 Å². The fourth-order valence-corrected chi connectivity index (χ4v) is 5.04. The molecule has 8 heteroatoms. The number of likely N-dealkylation sites (N-methyl/N-ethyl adjacent to an activating group) is 1. The zero-order valence-electron chi connectivity index (χ0n) is 20.9. The van der Waals surface area contributed by atoms with Crippen molar-refractivity contribution in [1.29, 1.82) is 0 Å². The lowest BCUT2D eigenvalue weighted by Gasteiger charge is -2.31. The molecule has 0 aromatic heterocycles. The number of nitrogens with zero attached hydrogens (tertiary/aromatic N) is 2. The summed E-state index contributed by atoms with van der Waals surface area (Å²) in [4.78, 5) is 27.6. The summed E-state index contributed by atoms with van der Waals surface area (Å²) in [5.41, 5.74) is 3.48. The second-order valence-electron chi connectivity index (χ2n) is 8.61. The lowest BCUT2D eigenvalue weighted by Crippen LogP contribution is -2.49.